The van der Waals surface area contributed by atoms with Crippen molar-refractivity contribution < 1.29 is 14.3 Å². The number of nitrogens with one attached hydrogen (secondary N) is 1. The molecule has 2 N–H and O–H groups in total. The average molecular weight is 237 g/mol. The molecule has 2 atom stereocenters. The lowest BCUT2D eigenvalue weighted by Gasteiger charge is -2.49. The molecule has 0 bridgehead atoms. The minimum atomic E-state index is -0.331. The molecule has 1 aliphatic carbocycles. The van der Waals surface area contributed by atoms with E-state index >= 15 is 0 Å². The monoisotopic (exact) mass is 237 g/mol. The Balaban J connectivity index is 2.04. The van der Waals surface area contributed by atoms with Gasteiger partial charge in [0, 0.05) is 17.9 Å². The van der Waals surface area contributed by atoms with Gasteiger partial charge in [-0.2, -0.15) is 0 Å². The van der Waals surface area contributed by atoms with E-state index < -0.39 is 0 Å². The van der Waals surface area contributed by atoms with Crippen LogP contribution in [0.25, 0.3) is 0 Å². The van der Waals surface area contributed by atoms with Crippen LogP contribution < -0.4 is 5.32 Å². The van der Waals surface area contributed by atoms with Crippen molar-refractivity contribution in [2.24, 2.45) is 5.41 Å². The van der Waals surface area contributed by atoms with Crippen LogP contribution in [-0.4, -0.2) is 23.2 Å². The number of aliphatic hydroxyl groups excluding tert-OH is 1. The molecule has 0 saturated heterocycles. The molecule has 0 radical (unpaired) electrons. The Morgan fingerprint density at radius 2 is 2.35 bits per heavy atom. The highest BCUT2D eigenvalue weighted by atomic mass is 16.3. The molecule has 2 rings (SSSR count). The number of hydrogen-bond acceptors (Lipinski definition) is 3. The van der Waals surface area contributed by atoms with Crippen molar-refractivity contribution >= 4 is 5.91 Å². The summed E-state index contributed by atoms with van der Waals surface area (Å²) >= 11 is 0. The molecule has 1 fully saturated rings. The minimum Gasteiger partial charge on any atom is -0.469 e. The molecule has 1 saturated carbocycles. The van der Waals surface area contributed by atoms with E-state index in [0.29, 0.717) is 24.2 Å². The van der Waals surface area contributed by atoms with Gasteiger partial charge < -0.3 is 14.8 Å². The van der Waals surface area contributed by atoms with Gasteiger partial charge in [0.2, 0.25) is 0 Å². The summed E-state index contributed by atoms with van der Waals surface area (Å²) in [5.41, 5.74) is 0.357. The molecule has 1 aliphatic rings. The van der Waals surface area contributed by atoms with Gasteiger partial charge in [0.25, 0.3) is 5.91 Å². The first kappa shape index (κ1) is 12.2. The highest BCUT2D eigenvalue weighted by Gasteiger charge is 2.48. The predicted octanol–water partition coefficient (Wildman–Crippen LogP) is 1.73. The second kappa shape index (κ2) is 4.18. The van der Waals surface area contributed by atoms with E-state index in [0.717, 1.165) is 0 Å². The molecule has 1 heterocycles. The fourth-order valence-electron chi connectivity index (χ4n) is 2.20. The maximum absolute atomic E-state index is 12.0. The van der Waals surface area contributed by atoms with Gasteiger partial charge in [-0.05, 0) is 12.5 Å². The highest BCUT2D eigenvalue weighted by Crippen LogP contribution is 2.40. The topological polar surface area (TPSA) is 62.5 Å². The summed E-state index contributed by atoms with van der Waals surface area (Å²) in [5.74, 6) is 0.598. The maximum Gasteiger partial charge on any atom is 0.255 e. The number of aryl methyl sites for hydroxylation is 1. The maximum atomic E-state index is 12.0. The molecule has 0 aliphatic heterocycles. The lowest BCUT2D eigenvalue weighted by Crippen LogP contribution is -2.61. The normalized spacial score (nSPS) is 26.4. The molecule has 2 unspecified atom stereocenters. The van der Waals surface area contributed by atoms with Crippen molar-refractivity contribution in [3.63, 3.8) is 0 Å². The Labute approximate surface area is 101 Å². The number of amides is 1. The van der Waals surface area contributed by atoms with E-state index in [9.17, 15) is 9.90 Å². The quantitative estimate of drug-likeness (QED) is 0.841. The smallest absolute Gasteiger partial charge is 0.255 e. The van der Waals surface area contributed by atoms with E-state index in [1.54, 1.807) is 6.07 Å². The largest absolute Gasteiger partial charge is 0.469 e. The molecule has 1 amide bonds. The SMILES string of the molecule is CCc1occc1C(=O)NC1CC(O)C1(C)C. The summed E-state index contributed by atoms with van der Waals surface area (Å²) in [6, 6.07) is 1.72. The molecular formula is C13H19NO3. The van der Waals surface area contributed by atoms with Crippen molar-refractivity contribution in [3.8, 4) is 0 Å². The van der Waals surface area contributed by atoms with E-state index in [2.05, 4.69) is 5.32 Å². The Kier molecular flexibility index (Phi) is 3.00. The summed E-state index contributed by atoms with van der Waals surface area (Å²) < 4.78 is 5.23. The van der Waals surface area contributed by atoms with Gasteiger partial charge in [-0.15, -0.1) is 0 Å². The van der Waals surface area contributed by atoms with Crippen LogP contribution in [0.1, 0.15) is 43.3 Å². The summed E-state index contributed by atoms with van der Waals surface area (Å²) in [5, 5.41) is 12.6. The first-order valence-corrected chi connectivity index (χ1v) is 6.02. The lowest BCUT2D eigenvalue weighted by molar-refractivity contribution is -0.0689. The number of carbonyl (C=O) groups excluding carboxylic acids is 1. The number of rotatable bonds is 3. The second-order valence-corrected chi connectivity index (χ2v) is 5.21. The zero-order valence-corrected chi connectivity index (χ0v) is 10.5. The number of furan rings is 1. The van der Waals surface area contributed by atoms with Crippen molar-refractivity contribution in [2.45, 2.75) is 45.8 Å². The Hall–Kier alpha value is -1.29. The third-order valence-electron chi connectivity index (χ3n) is 3.83. The first-order chi connectivity index (χ1) is 7.96. The molecule has 0 aromatic carbocycles. The molecule has 4 nitrogen and oxygen atoms in total. The van der Waals surface area contributed by atoms with Crippen molar-refractivity contribution in [1.82, 2.24) is 5.32 Å². The van der Waals surface area contributed by atoms with Crippen LogP contribution in [-0.2, 0) is 6.42 Å². The lowest BCUT2D eigenvalue weighted by atomic mass is 9.64. The Morgan fingerprint density at radius 3 is 2.88 bits per heavy atom. The third-order valence-corrected chi connectivity index (χ3v) is 3.83. The van der Waals surface area contributed by atoms with E-state index in [-0.39, 0.29) is 23.5 Å². The van der Waals surface area contributed by atoms with Crippen LogP contribution in [0, 0.1) is 5.41 Å². The molecule has 1 aromatic rings. The molecular weight excluding hydrogens is 218 g/mol. The zero-order chi connectivity index (χ0) is 12.6. The van der Waals surface area contributed by atoms with Gasteiger partial charge in [0.1, 0.15) is 5.76 Å². The highest BCUT2D eigenvalue weighted by molar-refractivity contribution is 5.95. The van der Waals surface area contributed by atoms with Gasteiger partial charge in [0.05, 0.1) is 17.9 Å². The Morgan fingerprint density at radius 1 is 1.65 bits per heavy atom. The summed E-state index contributed by atoms with van der Waals surface area (Å²) in [6.07, 6.45) is 2.53. The van der Waals surface area contributed by atoms with Gasteiger partial charge >= 0.3 is 0 Å². The molecule has 0 spiro atoms. The molecule has 17 heavy (non-hydrogen) atoms. The summed E-state index contributed by atoms with van der Waals surface area (Å²) in [6.45, 7) is 5.87. The van der Waals surface area contributed by atoms with Crippen LogP contribution in [0.15, 0.2) is 16.7 Å². The van der Waals surface area contributed by atoms with Gasteiger partial charge in [-0.3, -0.25) is 4.79 Å². The second-order valence-electron chi connectivity index (χ2n) is 5.21. The Bertz CT molecular complexity index is 422. The summed E-state index contributed by atoms with van der Waals surface area (Å²) in [7, 11) is 0. The standard InChI is InChI=1S/C13H19NO3/c1-4-9-8(5-6-17-9)12(16)14-10-7-11(15)13(10,2)3/h5-6,10-11,15H,4,7H2,1-3H3,(H,14,16). The van der Waals surface area contributed by atoms with Crippen LogP contribution in [0.2, 0.25) is 0 Å². The van der Waals surface area contributed by atoms with Crippen LogP contribution >= 0.6 is 0 Å². The predicted molar refractivity (Wildman–Crippen MR) is 63.7 cm³/mol. The van der Waals surface area contributed by atoms with Crippen LogP contribution in [0.5, 0.6) is 0 Å². The van der Waals surface area contributed by atoms with Gasteiger partial charge in [-0.1, -0.05) is 20.8 Å². The summed E-state index contributed by atoms with van der Waals surface area (Å²) in [4.78, 5) is 12.0. The minimum absolute atomic E-state index is 0.0320. The number of carbonyl (C=O) groups is 1. The van der Waals surface area contributed by atoms with Crippen LogP contribution in [0.3, 0.4) is 0 Å². The first-order valence-electron chi connectivity index (χ1n) is 6.02. The van der Waals surface area contributed by atoms with Crippen molar-refractivity contribution in [1.29, 1.82) is 0 Å². The van der Waals surface area contributed by atoms with Crippen molar-refractivity contribution in [2.75, 3.05) is 0 Å². The molecule has 94 valence electrons. The van der Waals surface area contributed by atoms with Gasteiger partial charge in [0.15, 0.2) is 0 Å². The van der Waals surface area contributed by atoms with E-state index in [4.69, 9.17) is 4.42 Å². The van der Waals surface area contributed by atoms with Crippen molar-refractivity contribution in [3.05, 3.63) is 23.7 Å². The fourth-order valence-corrected chi connectivity index (χ4v) is 2.20. The molecule has 1 aromatic heterocycles. The van der Waals surface area contributed by atoms with Gasteiger partial charge in [-0.25, -0.2) is 0 Å². The zero-order valence-electron chi connectivity index (χ0n) is 10.5. The fraction of sp³-hybridized carbons (Fsp3) is 0.615. The van der Waals surface area contributed by atoms with E-state index in [1.807, 2.05) is 20.8 Å². The molecule has 4 heteroatoms. The van der Waals surface area contributed by atoms with E-state index in [1.165, 1.54) is 6.26 Å². The average Bonchev–Trinajstić information content (AvgIpc) is 2.76. The third kappa shape index (κ3) is 1.97. The number of hydrogen-bond donors (Lipinski definition) is 2. The van der Waals surface area contributed by atoms with Crippen LogP contribution in [0.4, 0.5) is 0 Å². The number of aliphatic hydroxyl groups is 1.